The predicted octanol–water partition coefficient (Wildman–Crippen LogP) is 1.08. The number of urea groups is 1. The number of carbonyl (C=O) groups excluding carboxylic acids is 3. The van der Waals surface area contributed by atoms with Gasteiger partial charge in [-0.1, -0.05) is 19.9 Å². The fourth-order valence-corrected chi connectivity index (χ4v) is 3.24. The fourth-order valence-electron chi connectivity index (χ4n) is 3.24. The van der Waals surface area contributed by atoms with Crippen molar-refractivity contribution >= 4 is 17.8 Å². The predicted molar refractivity (Wildman–Crippen MR) is 110 cm³/mol. The number of rotatable bonds is 11. The molecular weight excluding hydrogens is 390 g/mol. The zero-order valence-electron chi connectivity index (χ0n) is 17.9. The van der Waals surface area contributed by atoms with E-state index in [-0.39, 0.29) is 49.8 Å². The molecule has 3 N–H and O–H groups in total. The van der Waals surface area contributed by atoms with Gasteiger partial charge in [-0.15, -0.1) is 0 Å². The van der Waals surface area contributed by atoms with Crippen molar-refractivity contribution in [2.24, 2.45) is 5.92 Å². The van der Waals surface area contributed by atoms with Crippen molar-refractivity contribution in [2.45, 2.75) is 45.2 Å². The Bertz CT molecular complexity index is 767. The summed E-state index contributed by atoms with van der Waals surface area (Å²) in [6.45, 7) is 3.88. The minimum Gasteiger partial charge on any atom is -0.493 e. The van der Waals surface area contributed by atoms with Gasteiger partial charge in [0.25, 0.3) is 5.91 Å². The zero-order valence-corrected chi connectivity index (χ0v) is 17.9. The summed E-state index contributed by atoms with van der Waals surface area (Å²) in [5.41, 5.74) is 0.903. The van der Waals surface area contributed by atoms with Gasteiger partial charge in [0.2, 0.25) is 5.91 Å². The lowest BCUT2D eigenvalue weighted by molar-refractivity contribution is -0.127. The Kier molecular flexibility index (Phi) is 8.46. The van der Waals surface area contributed by atoms with Gasteiger partial charge in [0.05, 0.1) is 26.9 Å². The van der Waals surface area contributed by atoms with E-state index in [0.29, 0.717) is 17.9 Å². The van der Waals surface area contributed by atoms with Crippen LogP contribution in [0.4, 0.5) is 4.79 Å². The molecule has 0 radical (unpaired) electrons. The highest BCUT2D eigenvalue weighted by molar-refractivity contribution is 6.04. The summed E-state index contributed by atoms with van der Waals surface area (Å²) < 4.78 is 10.5. The average molecular weight is 421 g/mol. The van der Waals surface area contributed by atoms with Crippen molar-refractivity contribution < 1.29 is 29.0 Å². The Morgan fingerprint density at radius 2 is 1.93 bits per heavy atom. The molecule has 1 aromatic carbocycles. The maximum Gasteiger partial charge on any atom is 0.324 e. The second kappa shape index (κ2) is 10.8. The van der Waals surface area contributed by atoms with Crippen LogP contribution in [0.5, 0.6) is 11.5 Å². The highest BCUT2D eigenvalue weighted by Crippen LogP contribution is 2.28. The van der Waals surface area contributed by atoms with Crippen LogP contribution in [0, 0.1) is 5.92 Å². The van der Waals surface area contributed by atoms with E-state index in [1.807, 2.05) is 26.0 Å². The average Bonchev–Trinajstić information content (AvgIpc) is 3.00. The first kappa shape index (κ1) is 23.5. The van der Waals surface area contributed by atoms with Crippen LogP contribution in [0.25, 0.3) is 0 Å². The molecule has 0 unspecified atom stereocenters. The largest absolute Gasteiger partial charge is 0.493 e. The van der Waals surface area contributed by atoms with Crippen molar-refractivity contribution in [3.63, 3.8) is 0 Å². The van der Waals surface area contributed by atoms with Crippen LogP contribution in [0.2, 0.25) is 0 Å². The first-order chi connectivity index (χ1) is 14.3. The van der Waals surface area contributed by atoms with Crippen LogP contribution in [0.15, 0.2) is 18.2 Å². The molecule has 0 saturated carbocycles. The van der Waals surface area contributed by atoms with Gasteiger partial charge in [0.15, 0.2) is 11.5 Å². The molecule has 1 fully saturated rings. The molecule has 9 nitrogen and oxygen atoms in total. The Morgan fingerprint density at radius 1 is 1.23 bits per heavy atom. The van der Waals surface area contributed by atoms with Crippen LogP contribution in [-0.4, -0.2) is 67.3 Å². The van der Waals surface area contributed by atoms with Crippen LogP contribution in [-0.2, 0) is 16.0 Å². The second-order valence-corrected chi connectivity index (χ2v) is 7.57. The van der Waals surface area contributed by atoms with E-state index in [9.17, 15) is 19.5 Å². The van der Waals surface area contributed by atoms with Gasteiger partial charge in [0.1, 0.15) is 6.04 Å². The number of aliphatic hydroxyl groups is 1. The van der Waals surface area contributed by atoms with Gasteiger partial charge in [0, 0.05) is 13.0 Å². The molecule has 1 heterocycles. The topological polar surface area (TPSA) is 117 Å². The molecular formula is C21H31N3O6. The lowest BCUT2D eigenvalue weighted by atomic mass is 10.0. The second-order valence-electron chi connectivity index (χ2n) is 7.57. The molecule has 166 valence electrons. The molecule has 2 atom stereocenters. The highest BCUT2D eigenvalue weighted by Gasteiger charge is 2.37. The number of nitrogens with zero attached hydrogens (tertiary/aromatic N) is 1. The van der Waals surface area contributed by atoms with Gasteiger partial charge >= 0.3 is 6.03 Å². The summed E-state index contributed by atoms with van der Waals surface area (Å²) in [5, 5.41) is 14.7. The molecule has 1 aromatic rings. The van der Waals surface area contributed by atoms with E-state index >= 15 is 0 Å². The molecule has 0 spiro atoms. The number of benzene rings is 1. The van der Waals surface area contributed by atoms with Crippen molar-refractivity contribution in [3.8, 4) is 11.5 Å². The number of aliphatic hydroxyl groups excluding tert-OH is 1. The van der Waals surface area contributed by atoms with Crippen molar-refractivity contribution in [2.75, 3.05) is 27.4 Å². The maximum absolute atomic E-state index is 12.6. The Balaban J connectivity index is 1.88. The number of amides is 4. The summed E-state index contributed by atoms with van der Waals surface area (Å²) in [4.78, 5) is 38.1. The summed E-state index contributed by atoms with van der Waals surface area (Å²) in [6, 6.07) is 3.93. The van der Waals surface area contributed by atoms with Crippen LogP contribution >= 0.6 is 0 Å². The van der Waals surface area contributed by atoms with E-state index in [1.165, 1.54) is 4.90 Å². The lowest BCUT2D eigenvalue weighted by Crippen LogP contribution is -2.42. The molecule has 4 amide bonds. The number of nitrogens with one attached hydrogen (secondary N) is 2. The lowest BCUT2D eigenvalue weighted by Gasteiger charge is -2.20. The molecule has 1 aliphatic heterocycles. The molecule has 9 heteroatoms. The smallest absolute Gasteiger partial charge is 0.324 e. The molecule has 30 heavy (non-hydrogen) atoms. The highest BCUT2D eigenvalue weighted by atomic mass is 16.5. The molecule has 1 aliphatic rings. The summed E-state index contributed by atoms with van der Waals surface area (Å²) in [5.74, 6) is 0.692. The minimum absolute atomic E-state index is 0.0867. The van der Waals surface area contributed by atoms with Gasteiger partial charge in [-0.2, -0.15) is 0 Å². The molecule has 0 aromatic heterocycles. The molecule has 0 aliphatic carbocycles. The SMILES string of the molecule is COc1ccc(CCN2C(=O)N[C@H](CCC(=O)N[C@@H](CO)C(C)C)C2=O)cc1OC. The normalized spacial score (nSPS) is 17.1. The van der Waals surface area contributed by atoms with E-state index in [4.69, 9.17) is 9.47 Å². The number of hydrogen-bond donors (Lipinski definition) is 3. The van der Waals surface area contributed by atoms with Crippen LogP contribution < -0.4 is 20.1 Å². The van der Waals surface area contributed by atoms with Crippen LogP contribution in [0.1, 0.15) is 32.3 Å². The minimum atomic E-state index is -0.722. The summed E-state index contributed by atoms with van der Waals surface area (Å²) in [7, 11) is 3.10. The van der Waals surface area contributed by atoms with E-state index in [0.717, 1.165) is 5.56 Å². The number of ether oxygens (including phenoxy) is 2. The van der Waals surface area contributed by atoms with Crippen LogP contribution in [0.3, 0.4) is 0 Å². The van der Waals surface area contributed by atoms with Gasteiger partial charge < -0.3 is 25.2 Å². The monoisotopic (exact) mass is 421 g/mol. The molecule has 2 rings (SSSR count). The fraction of sp³-hybridized carbons (Fsp3) is 0.571. The van der Waals surface area contributed by atoms with Gasteiger partial charge in [-0.25, -0.2) is 4.79 Å². The number of imide groups is 1. The third-order valence-electron chi connectivity index (χ3n) is 5.19. The van der Waals surface area contributed by atoms with E-state index < -0.39 is 12.1 Å². The number of carbonyl (C=O) groups is 3. The zero-order chi connectivity index (χ0) is 22.3. The number of hydrogen-bond acceptors (Lipinski definition) is 6. The first-order valence-corrected chi connectivity index (χ1v) is 10.0. The number of methoxy groups -OCH3 is 2. The van der Waals surface area contributed by atoms with Crippen molar-refractivity contribution in [3.05, 3.63) is 23.8 Å². The first-order valence-electron chi connectivity index (χ1n) is 10.0. The Hall–Kier alpha value is -2.81. The van der Waals surface area contributed by atoms with Gasteiger partial charge in [-0.3, -0.25) is 14.5 Å². The molecule has 0 bridgehead atoms. The summed E-state index contributed by atoms with van der Waals surface area (Å²) in [6.07, 6.45) is 0.766. The third kappa shape index (κ3) is 5.85. The van der Waals surface area contributed by atoms with E-state index in [2.05, 4.69) is 10.6 Å². The van der Waals surface area contributed by atoms with Crippen molar-refractivity contribution in [1.29, 1.82) is 0 Å². The van der Waals surface area contributed by atoms with Gasteiger partial charge in [-0.05, 0) is 36.5 Å². The quantitative estimate of drug-likeness (QED) is 0.460. The molecule has 1 saturated heterocycles. The summed E-state index contributed by atoms with van der Waals surface area (Å²) >= 11 is 0. The standard InChI is InChI=1S/C21H31N3O6/c1-13(2)16(12-25)22-19(26)8-6-15-20(27)24(21(28)23-15)10-9-14-5-7-17(29-3)18(11-14)30-4/h5,7,11,13,15-16,25H,6,8-10,12H2,1-4H3,(H,22,26)(H,23,28)/t15-,16+/m1/s1. The Morgan fingerprint density at radius 3 is 2.53 bits per heavy atom. The third-order valence-corrected chi connectivity index (χ3v) is 5.19. The Labute approximate surface area is 176 Å². The van der Waals surface area contributed by atoms with E-state index in [1.54, 1.807) is 20.3 Å². The maximum atomic E-state index is 12.6. The van der Waals surface area contributed by atoms with Crippen molar-refractivity contribution in [1.82, 2.24) is 15.5 Å².